The zero-order valence-corrected chi connectivity index (χ0v) is 16.0. The Kier molecular flexibility index (Phi) is 4.06. The van der Waals surface area contributed by atoms with Crippen LogP contribution in [0.1, 0.15) is 37.0 Å². The Hall–Kier alpha value is -1.16. The first-order valence-corrected chi connectivity index (χ1v) is 9.51. The first kappa shape index (κ1) is 16.3. The second-order valence-electron chi connectivity index (χ2n) is 7.62. The molecule has 2 nitrogen and oxygen atoms in total. The van der Waals surface area contributed by atoms with Crippen LogP contribution in [0.25, 0.3) is 0 Å². The van der Waals surface area contributed by atoms with E-state index in [0.29, 0.717) is 0 Å². The summed E-state index contributed by atoms with van der Waals surface area (Å²) in [6.07, 6.45) is 3.36. The van der Waals surface area contributed by atoms with Gasteiger partial charge in [-0.15, -0.1) is 0 Å². The Labute approximate surface area is 153 Å². The molecule has 1 atom stereocenters. The maximum absolute atomic E-state index is 6.27. The van der Waals surface area contributed by atoms with Crippen LogP contribution in [0, 0.1) is 0 Å². The van der Waals surface area contributed by atoms with Crippen molar-refractivity contribution in [2.75, 3.05) is 6.61 Å². The molecule has 0 saturated carbocycles. The summed E-state index contributed by atoms with van der Waals surface area (Å²) in [5, 5.41) is 0. The summed E-state index contributed by atoms with van der Waals surface area (Å²) >= 11 is 3.60. The minimum absolute atomic E-state index is 0.111. The van der Waals surface area contributed by atoms with E-state index in [9.17, 15) is 0 Å². The van der Waals surface area contributed by atoms with E-state index in [1.165, 1.54) is 21.2 Å². The predicted molar refractivity (Wildman–Crippen MR) is 101 cm³/mol. The molecular weight excluding hydrogens is 362 g/mol. The first-order valence-electron chi connectivity index (χ1n) is 8.72. The molecule has 2 aliphatic rings. The maximum atomic E-state index is 6.27. The van der Waals surface area contributed by atoms with Crippen molar-refractivity contribution in [3.05, 3.63) is 69.7 Å². The van der Waals surface area contributed by atoms with Crippen molar-refractivity contribution in [2.24, 2.45) is 0 Å². The fourth-order valence-electron chi connectivity index (χ4n) is 4.33. The van der Waals surface area contributed by atoms with E-state index in [-0.39, 0.29) is 11.3 Å². The summed E-state index contributed by atoms with van der Waals surface area (Å²) in [6.45, 7) is 6.19. The lowest BCUT2D eigenvalue weighted by atomic mass is 9.77. The number of aryl methyl sites for hydroxylation is 1. The molecule has 0 radical (unpaired) electrons. The van der Waals surface area contributed by atoms with Crippen molar-refractivity contribution >= 4 is 15.9 Å². The van der Waals surface area contributed by atoms with Crippen LogP contribution < -0.4 is 0 Å². The molecule has 3 heteroatoms. The normalized spacial score (nSPS) is 25.8. The van der Waals surface area contributed by atoms with Crippen LogP contribution in [-0.2, 0) is 24.1 Å². The van der Waals surface area contributed by atoms with E-state index in [1.807, 2.05) is 0 Å². The van der Waals surface area contributed by atoms with Crippen LogP contribution in [0.4, 0.5) is 0 Å². The third kappa shape index (κ3) is 2.83. The lowest BCUT2D eigenvalue weighted by Gasteiger charge is -2.45. The highest BCUT2D eigenvalue weighted by molar-refractivity contribution is 9.10. The Morgan fingerprint density at radius 3 is 2.67 bits per heavy atom. The van der Waals surface area contributed by atoms with Gasteiger partial charge < -0.3 is 4.74 Å². The summed E-state index contributed by atoms with van der Waals surface area (Å²) in [4.78, 5) is 2.60. The molecule has 0 N–H and O–H groups in total. The van der Waals surface area contributed by atoms with E-state index in [0.717, 1.165) is 32.4 Å². The van der Waals surface area contributed by atoms with Crippen molar-refractivity contribution in [1.29, 1.82) is 0 Å². The van der Waals surface area contributed by atoms with Gasteiger partial charge in [0.25, 0.3) is 0 Å². The van der Waals surface area contributed by atoms with Gasteiger partial charge in [-0.1, -0.05) is 52.3 Å². The van der Waals surface area contributed by atoms with E-state index < -0.39 is 0 Å². The van der Waals surface area contributed by atoms with Crippen LogP contribution in [0.15, 0.2) is 53.0 Å². The fraction of sp³-hybridized carbons (Fsp3) is 0.429. The van der Waals surface area contributed by atoms with E-state index in [2.05, 4.69) is 83.2 Å². The highest BCUT2D eigenvalue weighted by atomic mass is 79.9. The van der Waals surface area contributed by atoms with Gasteiger partial charge >= 0.3 is 0 Å². The SMILES string of the molecule is CC1(C)OCC2(CCc3cc(Br)ccc3C2)N1Cc1ccccc1. The summed E-state index contributed by atoms with van der Waals surface area (Å²) in [7, 11) is 0. The van der Waals surface area contributed by atoms with Gasteiger partial charge in [0.2, 0.25) is 0 Å². The maximum Gasteiger partial charge on any atom is 0.116 e. The molecule has 1 aliphatic carbocycles. The Balaban J connectivity index is 1.67. The lowest BCUT2D eigenvalue weighted by Crippen LogP contribution is -2.54. The van der Waals surface area contributed by atoms with Crippen LogP contribution in [0.5, 0.6) is 0 Å². The van der Waals surface area contributed by atoms with E-state index in [4.69, 9.17) is 4.74 Å². The molecule has 0 bridgehead atoms. The summed E-state index contributed by atoms with van der Waals surface area (Å²) in [6, 6.07) is 17.5. The van der Waals surface area contributed by atoms with Gasteiger partial charge in [-0.05, 0) is 61.9 Å². The molecule has 1 aliphatic heterocycles. The smallest absolute Gasteiger partial charge is 0.116 e. The van der Waals surface area contributed by atoms with Crippen molar-refractivity contribution in [1.82, 2.24) is 4.90 Å². The number of ether oxygens (including phenoxy) is 1. The quantitative estimate of drug-likeness (QED) is 0.725. The average Bonchev–Trinajstić information content (AvgIpc) is 2.81. The highest BCUT2D eigenvalue weighted by Crippen LogP contribution is 2.44. The second-order valence-corrected chi connectivity index (χ2v) is 8.54. The molecule has 1 unspecified atom stereocenters. The number of hydrogen-bond acceptors (Lipinski definition) is 2. The number of rotatable bonds is 2. The molecule has 0 amide bonds. The fourth-order valence-corrected chi connectivity index (χ4v) is 4.73. The highest BCUT2D eigenvalue weighted by Gasteiger charge is 2.52. The van der Waals surface area contributed by atoms with Crippen LogP contribution >= 0.6 is 15.9 Å². The molecular formula is C21H24BrNO. The van der Waals surface area contributed by atoms with E-state index >= 15 is 0 Å². The van der Waals surface area contributed by atoms with Gasteiger partial charge in [0, 0.05) is 11.0 Å². The third-order valence-electron chi connectivity index (χ3n) is 5.65. The van der Waals surface area contributed by atoms with Crippen LogP contribution in [0.2, 0.25) is 0 Å². The zero-order valence-electron chi connectivity index (χ0n) is 14.4. The predicted octanol–water partition coefficient (Wildman–Crippen LogP) is 4.95. The van der Waals surface area contributed by atoms with Gasteiger partial charge in [0.1, 0.15) is 5.72 Å². The van der Waals surface area contributed by atoms with Crippen molar-refractivity contribution < 1.29 is 4.74 Å². The van der Waals surface area contributed by atoms with Gasteiger partial charge in [-0.25, -0.2) is 0 Å². The topological polar surface area (TPSA) is 12.5 Å². The van der Waals surface area contributed by atoms with E-state index in [1.54, 1.807) is 0 Å². The Morgan fingerprint density at radius 1 is 1.08 bits per heavy atom. The largest absolute Gasteiger partial charge is 0.359 e. The number of fused-ring (bicyclic) bond motifs is 1. The molecule has 0 aromatic heterocycles. The zero-order chi connectivity index (χ0) is 16.8. The molecule has 4 rings (SSSR count). The first-order chi connectivity index (χ1) is 11.5. The third-order valence-corrected chi connectivity index (χ3v) is 6.14. The van der Waals surface area contributed by atoms with Gasteiger partial charge in [0.05, 0.1) is 12.1 Å². The monoisotopic (exact) mass is 385 g/mol. The Bertz CT molecular complexity index is 743. The van der Waals surface area contributed by atoms with Crippen LogP contribution in [0.3, 0.4) is 0 Å². The molecule has 2 aromatic rings. The van der Waals surface area contributed by atoms with Crippen molar-refractivity contribution in [2.45, 2.75) is 50.9 Å². The molecule has 24 heavy (non-hydrogen) atoms. The van der Waals surface area contributed by atoms with Crippen molar-refractivity contribution in [3.8, 4) is 0 Å². The Morgan fingerprint density at radius 2 is 1.88 bits per heavy atom. The standard InChI is InChI=1S/C21H24BrNO/c1-20(2)23(14-16-6-4-3-5-7-16)21(15-24-20)11-10-17-12-19(22)9-8-18(17)13-21/h3-9,12H,10-11,13-15H2,1-2H3. The summed E-state index contributed by atoms with van der Waals surface area (Å²) < 4.78 is 7.46. The number of nitrogens with zero attached hydrogens (tertiary/aromatic N) is 1. The average molecular weight is 386 g/mol. The molecule has 2 aromatic carbocycles. The number of halogens is 1. The molecule has 1 saturated heterocycles. The van der Waals surface area contributed by atoms with Crippen LogP contribution in [-0.4, -0.2) is 22.8 Å². The molecule has 1 fully saturated rings. The van der Waals surface area contributed by atoms with Gasteiger partial charge in [0.15, 0.2) is 0 Å². The van der Waals surface area contributed by atoms with Gasteiger partial charge in [-0.3, -0.25) is 4.90 Å². The van der Waals surface area contributed by atoms with Gasteiger partial charge in [-0.2, -0.15) is 0 Å². The molecule has 1 spiro atoms. The minimum Gasteiger partial charge on any atom is -0.359 e. The molecule has 1 heterocycles. The lowest BCUT2D eigenvalue weighted by molar-refractivity contribution is -0.0673. The summed E-state index contributed by atoms with van der Waals surface area (Å²) in [5.74, 6) is 0. The van der Waals surface area contributed by atoms with Crippen molar-refractivity contribution in [3.63, 3.8) is 0 Å². The number of hydrogen-bond donors (Lipinski definition) is 0. The molecule has 126 valence electrons. The second kappa shape index (κ2) is 5.98. The number of benzene rings is 2. The summed E-state index contributed by atoms with van der Waals surface area (Å²) in [5.41, 5.74) is 4.21. The minimum atomic E-state index is -0.220.